The Labute approximate surface area is 156 Å². The molecule has 1 aromatic carbocycles. The van der Waals surface area contributed by atoms with Crippen molar-refractivity contribution in [1.82, 2.24) is 14.1 Å². The first-order valence-corrected chi connectivity index (χ1v) is 9.99. The standard InChI is InChI=1S/C17H27ClN4O2S/c1-20(2)9-5-11-22(12-6-10-21(3)4)25(23,24)16-8-7-15(14-19)17(18)13-16/h7-8,13H,5-6,9-12H2,1-4H3. The van der Waals surface area contributed by atoms with Crippen molar-refractivity contribution >= 4 is 21.6 Å². The van der Waals surface area contributed by atoms with Crippen molar-refractivity contribution in [3.63, 3.8) is 0 Å². The number of rotatable bonds is 10. The molecule has 8 heteroatoms. The molecule has 0 atom stereocenters. The fraction of sp³-hybridized carbons (Fsp3) is 0.588. The van der Waals surface area contributed by atoms with Crippen molar-refractivity contribution < 1.29 is 8.42 Å². The highest BCUT2D eigenvalue weighted by Gasteiger charge is 2.24. The Balaban J connectivity index is 2.99. The van der Waals surface area contributed by atoms with Gasteiger partial charge in [0.15, 0.2) is 0 Å². The van der Waals surface area contributed by atoms with Crippen LogP contribution in [0.1, 0.15) is 18.4 Å². The number of benzene rings is 1. The molecule has 0 aromatic heterocycles. The van der Waals surface area contributed by atoms with Gasteiger partial charge in [-0.05, 0) is 72.3 Å². The van der Waals surface area contributed by atoms with Crippen molar-refractivity contribution in [2.24, 2.45) is 0 Å². The normalized spacial score (nSPS) is 12.1. The largest absolute Gasteiger partial charge is 0.309 e. The molecule has 0 aliphatic carbocycles. The van der Waals surface area contributed by atoms with Crippen LogP contribution in [0.3, 0.4) is 0 Å². The number of hydrogen-bond donors (Lipinski definition) is 0. The molecule has 1 aromatic rings. The second-order valence-corrected chi connectivity index (χ2v) is 8.82. The molecule has 0 saturated carbocycles. The highest BCUT2D eigenvalue weighted by Crippen LogP contribution is 2.23. The molecule has 0 aliphatic rings. The lowest BCUT2D eigenvalue weighted by atomic mass is 10.2. The van der Waals surface area contributed by atoms with Crippen molar-refractivity contribution in [1.29, 1.82) is 5.26 Å². The van der Waals surface area contributed by atoms with Crippen LogP contribution >= 0.6 is 11.6 Å². The molecule has 0 saturated heterocycles. The number of nitrogens with zero attached hydrogens (tertiary/aromatic N) is 4. The number of hydrogen-bond acceptors (Lipinski definition) is 5. The lowest BCUT2D eigenvalue weighted by Gasteiger charge is -2.24. The number of nitriles is 1. The summed E-state index contributed by atoms with van der Waals surface area (Å²) < 4.78 is 27.5. The molecule has 6 nitrogen and oxygen atoms in total. The zero-order valence-electron chi connectivity index (χ0n) is 15.4. The Kier molecular flexibility index (Phi) is 8.83. The molecule has 0 bridgehead atoms. The fourth-order valence-corrected chi connectivity index (χ4v) is 4.21. The average molecular weight is 387 g/mol. The monoisotopic (exact) mass is 386 g/mol. The van der Waals surface area contributed by atoms with Gasteiger partial charge < -0.3 is 9.80 Å². The van der Waals surface area contributed by atoms with Gasteiger partial charge in [-0.25, -0.2) is 8.42 Å². The van der Waals surface area contributed by atoms with E-state index in [1.54, 1.807) is 0 Å². The summed E-state index contributed by atoms with van der Waals surface area (Å²) in [6, 6.07) is 6.21. The first-order valence-electron chi connectivity index (χ1n) is 8.17. The maximum atomic E-state index is 13.0. The smallest absolute Gasteiger partial charge is 0.243 e. The summed E-state index contributed by atoms with van der Waals surface area (Å²) >= 11 is 6.01. The van der Waals surface area contributed by atoms with E-state index in [-0.39, 0.29) is 15.5 Å². The van der Waals surface area contributed by atoms with Crippen LogP contribution in [-0.4, -0.2) is 76.9 Å². The molecular formula is C17H27ClN4O2S. The predicted molar refractivity (Wildman–Crippen MR) is 101 cm³/mol. The summed E-state index contributed by atoms with van der Waals surface area (Å²) in [6.45, 7) is 2.53. The Morgan fingerprint density at radius 3 is 1.92 bits per heavy atom. The zero-order chi connectivity index (χ0) is 19.0. The summed E-state index contributed by atoms with van der Waals surface area (Å²) in [6.07, 6.45) is 1.50. The van der Waals surface area contributed by atoms with E-state index < -0.39 is 10.0 Å². The Hall–Kier alpha value is -1.17. The number of sulfonamides is 1. The van der Waals surface area contributed by atoms with Gasteiger partial charge in [-0.3, -0.25) is 0 Å². The minimum absolute atomic E-state index is 0.131. The lowest BCUT2D eigenvalue weighted by Crippen LogP contribution is -2.35. The molecule has 25 heavy (non-hydrogen) atoms. The second kappa shape index (κ2) is 10.1. The minimum Gasteiger partial charge on any atom is -0.309 e. The first-order chi connectivity index (χ1) is 11.7. The summed E-state index contributed by atoms with van der Waals surface area (Å²) in [5.74, 6) is 0. The molecule has 140 valence electrons. The lowest BCUT2D eigenvalue weighted by molar-refractivity contribution is 0.326. The van der Waals surface area contributed by atoms with Gasteiger partial charge in [0, 0.05) is 13.1 Å². The Morgan fingerprint density at radius 2 is 1.52 bits per heavy atom. The summed E-state index contributed by atoms with van der Waals surface area (Å²) in [4.78, 5) is 4.19. The molecular weight excluding hydrogens is 360 g/mol. The van der Waals surface area contributed by atoms with Crippen LogP contribution < -0.4 is 0 Å². The van der Waals surface area contributed by atoms with E-state index in [1.165, 1.54) is 22.5 Å². The molecule has 0 unspecified atom stereocenters. The van der Waals surface area contributed by atoms with Gasteiger partial charge in [0.1, 0.15) is 6.07 Å². The van der Waals surface area contributed by atoms with E-state index in [2.05, 4.69) is 0 Å². The van der Waals surface area contributed by atoms with Gasteiger partial charge in [0.25, 0.3) is 0 Å². The van der Waals surface area contributed by atoms with Gasteiger partial charge in [-0.1, -0.05) is 11.6 Å². The van der Waals surface area contributed by atoms with E-state index in [9.17, 15) is 8.42 Å². The molecule has 0 heterocycles. The molecule has 1 rings (SSSR count). The van der Waals surface area contributed by atoms with Gasteiger partial charge in [0.05, 0.1) is 15.5 Å². The van der Waals surface area contributed by atoms with Crippen LogP contribution in [-0.2, 0) is 10.0 Å². The predicted octanol–water partition coefficient (Wildman–Crippen LogP) is 2.11. The fourth-order valence-electron chi connectivity index (χ4n) is 2.37. The zero-order valence-corrected chi connectivity index (χ0v) is 16.9. The van der Waals surface area contributed by atoms with E-state index in [0.717, 1.165) is 25.9 Å². The van der Waals surface area contributed by atoms with Crippen LogP contribution in [0.5, 0.6) is 0 Å². The first kappa shape index (κ1) is 21.9. The van der Waals surface area contributed by atoms with E-state index in [4.69, 9.17) is 16.9 Å². The minimum atomic E-state index is -3.64. The summed E-state index contributed by atoms with van der Waals surface area (Å²) in [5.41, 5.74) is 0.271. The van der Waals surface area contributed by atoms with E-state index >= 15 is 0 Å². The van der Waals surface area contributed by atoms with Crippen molar-refractivity contribution in [3.8, 4) is 6.07 Å². The van der Waals surface area contributed by atoms with Gasteiger partial charge in [-0.2, -0.15) is 9.57 Å². The molecule has 0 aliphatic heterocycles. The molecule has 0 amide bonds. The topological polar surface area (TPSA) is 67.7 Å². The highest BCUT2D eigenvalue weighted by molar-refractivity contribution is 7.89. The Morgan fingerprint density at radius 1 is 1.00 bits per heavy atom. The van der Waals surface area contributed by atoms with Gasteiger partial charge in [-0.15, -0.1) is 0 Å². The maximum Gasteiger partial charge on any atom is 0.243 e. The second-order valence-electron chi connectivity index (χ2n) is 6.47. The number of halogens is 1. The summed E-state index contributed by atoms with van der Waals surface area (Å²) in [5, 5.41) is 9.11. The van der Waals surface area contributed by atoms with Crippen LogP contribution in [0.15, 0.2) is 23.1 Å². The van der Waals surface area contributed by atoms with E-state index in [1.807, 2.05) is 44.1 Å². The van der Waals surface area contributed by atoms with Gasteiger partial charge in [0.2, 0.25) is 10.0 Å². The SMILES string of the molecule is CN(C)CCCN(CCCN(C)C)S(=O)(=O)c1ccc(C#N)c(Cl)c1. The maximum absolute atomic E-state index is 13.0. The Bertz CT molecular complexity index is 685. The van der Waals surface area contributed by atoms with Crippen LogP contribution in [0, 0.1) is 11.3 Å². The molecule has 0 radical (unpaired) electrons. The van der Waals surface area contributed by atoms with Crippen LogP contribution in [0.2, 0.25) is 5.02 Å². The highest BCUT2D eigenvalue weighted by atomic mass is 35.5. The van der Waals surface area contributed by atoms with Crippen LogP contribution in [0.4, 0.5) is 0 Å². The third-order valence-corrected chi connectivity index (χ3v) is 5.93. The molecule has 0 spiro atoms. The molecule has 0 fully saturated rings. The third kappa shape index (κ3) is 6.92. The third-order valence-electron chi connectivity index (χ3n) is 3.72. The van der Waals surface area contributed by atoms with Crippen molar-refractivity contribution in [2.75, 3.05) is 54.4 Å². The van der Waals surface area contributed by atoms with Crippen molar-refractivity contribution in [2.45, 2.75) is 17.7 Å². The van der Waals surface area contributed by atoms with Gasteiger partial charge >= 0.3 is 0 Å². The average Bonchev–Trinajstić information content (AvgIpc) is 2.52. The van der Waals surface area contributed by atoms with E-state index in [0.29, 0.717) is 13.1 Å². The quantitative estimate of drug-likeness (QED) is 0.616. The molecule has 0 N–H and O–H groups in total. The summed E-state index contributed by atoms with van der Waals surface area (Å²) in [7, 11) is 4.21. The van der Waals surface area contributed by atoms with Crippen LogP contribution in [0.25, 0.3) is 0 Å². The van der Waals surface area contributed by atoms with Crippen molar-refractivity contribution in [3.05, 3.63) is 28.8 Å².